The normalized spacial score (nSPS) is 10.8. The molecule has 2 N–H and O–H groups in total. The zero-order chi connectivity index (χ0) is 11.8. The van der Waals surface area contributed by atoms with Gasteiger partial charge in [0.1, 0.15) is 5.75 Å². The van der Waals surface area contributed by atoms with Gasteiger partial charge in [-0.2, -0.15) is 0 Å². The second-order valence-corrected chi connectivity index (χ2v) is 4.09. The summed E-state index contributed by atoms with van der Waals surface area (Å²) in [6.07, 6.45) is 4.57. The molecule has 0 atom stereocenters. The van der Waals surface area contributed by atoms with E-state index < -0.39 is 0 Å². The van der Waals surface area contributed by atoms with Crippen LogP contribution in [0.2, 0.25) is 0 Å². The average Bonchev–Trinajstić information content (AvgIpc) is 2.35. The Bertz CT molecular complexity index is 277. The lowest BCUT2D eigenvalue weighted by Gasteiger charge is -2.15. The van der Waals surface area contributed by atoms with Crippen molar-refractivity contribution in [1.82, 2.24) is 0 Å². The second-order valence-electron chi connectivity index (χ2n) is 4.09. The van der Waals surface area contributed by atoms with Gasteiger partial charge < -0.3 is 10.5 Å². The van der Waals surface area contributed by atoms with Crippen LogP contribution < -0.4 is 10.5 Å². The predicted molar refractivity (Wildman–Crippen MR) is 68.8 cm³/mol. The molecule has 0 aliphatic heterocycles. The van der Waals surface area contributed by atoms with Crippen LogP contribution in [-0.2, 0) is 6.42 Å². The van der Waals surface area contributed by atoms with E-state index in [0.29, 0.717) is 6.10 Å². The third-order valence-electron chi connectivity index (χ3n) is 2.81. The fourth-order valence-electron chi connectivity index (χ4n) is 1.69. The molecule has 1 aromatic rings. The summed E-state index contributed by atoms with van der Waals surface area (Å²) >= 11 is 0. The van der Waals surface area contributed by atoms with E-state index in [-0.39, 0.29) is 0 Å². The first-order chi connectivity index (χ1) is 7.80. The second kappa shape index (κ2) is 7.29. The summed E-state index contributed by atoms with van der Waals surface area (Å²) in [6.45, 7) is 5.07. The monoisotopic (exact) mass is 221 g/mol. The lowest BCUT2D eigenvalue weighted by molar-refractivity contribution is 0.193. The SMILES string of the molecule is CCC(CC)Oc1ccc(CCCN)cc1. The van der Waals surface area contributed by atoms with Crippen LogP contribution in [0.15, 0.2) is 24.3 Å². The highest BCUT2D eigenvalue weighted by atomic mass is 16.5. The van der Waals surface area contributed by atoms with Gasteiger partial charge in [0.2, 0.25) is 0 Å². The smallest absolute Gasteiger partial charge is 0.119 e. The number of nitrogens with two attached hydrogens (primary N) is 1. The summed E-state index contributed by atoms with van der Waals surface area (Å²) in [4.78, 5) is 0. The van der Waals surface area contributed by atoms with Crippen molar-refractivity contribution in [3.63, 3.8) is 0 Å². The molecule has 0 aromatic heterocycles. The fourth-order valence-corrected chi connectivity index (χ4v) is 1.69. The van der Waals surface area contributed by atoms with E-state index in [2.05, 4.69) is 38.1 Å². The Labute approximate surface area is 98.8 Å². The van der Waals surface area contributed by atoms with Crippen LogP contribution in [0, 0.1) is 0 Å². The van der Waals surface area contributed by atoms with Crippen molar-refractivity contribution < 1.29 is 4.74 Å². The molecule has 0 saturated heterocycles. The molecule has 0 spiro atoms. The Morgan fingerprint density at radius 1 is 1.12 bits per heavy atom. The van der Waals surface area contributed by atoms with Crippen LogP contribution in [0.3, 0.4) is 0 Å². The zero-order valence-electron chi connectivity index (χ0n) is 10.4. The molecule has 1 aromatic carbocycles. The highest BCUT2D eigenvalue weighted by Crippen LogP contribution is 2.16. The van der Waals surface area contributed by atoms with E-state index in [4.69, 9.17) is 10.5 Å². The summed E-state index contributed by atoms with van der Waals surface area (Å²) in [6, 6.07) is 8.38. The number of aryl methyl sites for hydroxylation is 1. The van der Waals surface area contributed by atoms with Crippen LogP contribution in [0.25, 0.3) is 0 Å². The standard InChI is InChI=1S/C14H23NO/c1-3-13(4-2)16-14-9-7-12(8-10-14)6-5-11-15/h7-10,13H,3-6,11,15H2,1-2H3. The van der Waals surface area contributed by atoms with Crippen molar-refractivity contribution in [2.75, 3.05) is 6.54 Å². The highest BCUT2D eigenvalue weighted by molar-refractivity contribution is 5.27. The minimum Gasteiger partial charge on any atom is -0.490 e. The van der Waals surface area contributed by atoms with Gasteiger partial charge in [0, 0.05) is 0 Å². The van der Waals surface area contributed by atoms with Crippen LogP contribution in [-0.4, -0.2) is 12.6 Å². The van der Waals surface area contributed by atoms with Crippen LogP contribution in [0.5, 0.6) is 5.75 Å². The van der Waals surface area contributed by atoms with Crippen molar-refractivity contribution in [3.05, 3.63) is 29.8 Å². The van der Waals surface area contributed by atoms with Gasteiger partial charge in [0.15, 0.2) is 0 Å². The minimum absolute atomic E-state index is 0.342. The molecule has 0 unspecified atom stereocenters. The van der Waals surface area contributed by atoms with Gasteiger partial charge in [0.25, 0.3) is 0 Å². The third kappa shape index (κ3) is 4.23. The number of rotatable bonds is 7. The summed E-state index contributed by atoms with van der Waals surface area (Å²) in [5.74, 6) is 0.977. The van der Waals surface area contributed by atoms with Crippen molar-refractivity contribution in [3.8, 4) is 5.75 Å². The van der Waals surface area contributed by atoms with E-state index >= 15 is 0 Å². The summed E-state index contributed by atoms with van der Waals surface area (Å²) in [5.41, 5.74) is 6.82. The summed E-state index contributed by atoms with van der Waals surface area (Å²) < 4.78 is 5.85. The van der Waals surface area contributed by atoms with Gasteiger partial charge in [-0.25, -0.2) is 0 Å². The highest BCUT2D eigenvalue weighted by Gasteiger charge is 2.04. The first kappa shape index (κ1) is 13.0. The van der Waals surface area contributed by atoms with Gasteiger partial charge in [-0.3, -0.25) is 0 Å². The lowest BCUT2D eigenvalue weighted by Crippen LogP contribution is -2.13. The molecule has 16 heavy (non-hydrogen) atoms. The molecule has 90 valence electrons. The first-order valence-electron chi connectivity index (χ1n) is 6.25. The Kier molecular flexibility index (Phi) is 5.94. The van der Waals surface area contributed by atoms with Gasteiger partial charge >= 0.3 is 0 Å². The molecule has 0 fully saturated rings. The maximum atomic E-state index is 5.85. The molecule has 0 aliphatic carbocycles. The third-order valence-corrected chi connectivity index (χ3v) is 2.81. The Hall–Kier alpha value is -1.02. The van der Waals surface area contributed by atoms with Crippen molar-refractivity contribution >= 4 is 0 Å². The molecular formula is C14H23NO. The minimum atomic E-state index is 0.342. The molecular weight excluding hydrogens is 198 g/mol. The molecule has 0 saturated carbocycles. The van der Waals surface area contributed by atoms with Gasteiger partial charge in [-0.05, 0) is 49.9 Å². The van der Waals surface area contributed by atoms with Crippen molar-refractivity contribution in [1.29, 1.82) is 0 Å². The molecule has 0 bridgehead atoms. The van der Waals surface area contributed by atoms with E-state index in [1.807, 2.05) is 0 Å². The molecule has 0 heterocycles. The summed E-state index contributed by atoms with van der Waals surface area (Å²) in [7, 11) is 0. The number of hydrogen-bond donors (Lipinski definition) is 1. The number of ether oxygens (including phenoxy) is 1. The Balaban J connectivity index is 2.50. The molecule has 0 aliphatic rings. The molecule has 1 rings (SSSR count). The fraction of sp³-hybridized carbons (Fsp3) is 0.571. The van der Waals surface area contributed by atoms with Crippen molar-refractivity contribution in [2.45, 2.75) is 45.6 Å². The first-order valence-corrected chi connectivity index (χ1v) is 6.25. The van der Waals surface area contributed by atoms with Crippen LogP contribution in [0.4, 0.5) is 0 Å². The lowest BCUT2D eigenvalue weighted by atomic mass is 10.1. The quantitative estimate of drug-likeness (QED) is 0.767. The van der Waals surface area contributed by atoms with E-state index in [0.717, 1.165) is 38.0 Å². The Morgan fingerprint density at radius 3 is 2.25 bits per heavy atom. The van der Waals surface area contributed by atoms with Gasteiger partial charge in [-0.1, -0.05) is 26.0 Å². The average molecular weight is 221 g/mol. The van der Waals surface area contributed by atoms with E-state index in [1.54, 1.807) is 0 Å². The predicted octanol–water partition coefficient (Wildman–Crippen LogP) is 3.15. The maximum absolute atomic E-state index is 5.85. The number of hydrogen-bond acceptors (Lipinski definition) is 2. The Morgan fingerprint density at radius 2 is 1.75 bits per heavy atom. The largest absolute Gasteiger partial charge is 0.490 e. The summed E-state index contributed by atoms with van der Waals surface area (Å²) in [5, 5.41) is 0. The van der Waals surface area contributed by atoms with Gasteiger partial charge in [-0.15, -0.1) is 0 Å². The molecule has 0 amide bonds. The maximum Gasteiger partial charge on any atom is 0.119 e. The molecule has 2 nitrogen and oxygen atoms in total. The van der Waals surface area contributed by atoms with E-state index in [1.165, 1.54) is 5.56 Å². The van der Waals surface area contributed by atoms with Crippen LogP contribution >= 0.6 is 0 Å². The zero-order valence-corrected chi connectivity index (χ0v) is 10.4. The van der Waals surface area contributed by atoms with Crippen LogP contribution in [0.1, 0.15) is 38.7 Å². The molecule has 2 heteroatoms. The number of benzene rings is 1. The topological polar surface area (TPSA) is 35.2 Å². The van der Waals surface area contributed by atoms with Gasteiger partial charge in [0.05, 0.1) is 6.10 Å². The van der Waals surface area contributed by atoms with Crippen molar-refractivity contribution in [2.24, 2.45) is 5.73 Å². The molecule has 0 radical (unpaired) electrons. The van der Waals surface area contributed by atoms with E-state index in [9.17, 15) is 0 Å².